The molecule has 0 saturated carbocycles. The Balaban J connectivity index is 2.22. The maximum absolute atomic E-state index is 13.5. The van der Waals surface area contributed by atoms with E-state index in [1.807, 2.05) is 0 Å². The predicted molar refractivity (Wildman–Crippen MR) is 66.2 cm³/mol. The van der Waals surface area contributed by atoms with Gasteiger partial charge < -0.3 is 5.11 Å². The van der Waals surface area contributed by atoms with Gasteiger partial charge in [-0.05, 0) is 41.8 Å². The SMILES string of the molecule is Cc1cc(F)ccc1C(O)Cc1ccccc1F. The molecule has 94 valence electrons. The number of halogens is 2. The molecule has 1 atom stereocenters. The number of hydrogen-bond acceptors (Lipinski definition) is 1. The second kappa shape index (κ2) is 5.27. The van der Waals surface area contributed by atoms with Gasteiger partial charge in [0.2, 0.25) is 0 Å². The van der Waals surface area contributed by atoms with Crippen LogP contribution in [-0.2, 0) is 6.42 Å². The van der Waals surface area contributed by atoms with Gasteiger partial charge in [0.25, 0.3) is 0 Å². The van der Waals surface area contributed by atoms with Gasteiger partial charge in [0, 0.05) is 6.42 Å². The molecule has 0 bridgehead atoms. The molecule has 0 aromatic heterocycles. The van der Waals surface area contributed by atoms with Crippen LogP contribution in [-0.4, -0.2) is 5.11 Å². The van der Waals surface area contributed by atoms with Gasteiger partial charge in [-0.1, -0.05) is 24.3 Å². The molecule has 0 radical (unpaired) electrons. The lowest BCUT2D eigenvalue weighted by molar-refractivity contribution is 0.176. The van der Waals surface area contributed by atoms with Gasteiger partial charge >= 0.3 is 0 Å². The first-order valence-electron chi connectivity index (χ1n) is 5.75. The molecule has 0 aliphatic carbocycles. The molecule has 1 unspecified atom stereocenters. The Morgan fingerprint density at radius 2 is 1.83 bits per heavy atom. The fourth-order valence-corrected chi connectivity index (χ4v) is 2.00. The van der Waals surface area contributed by atoms with Gasteiger partial charge in [-0.3, -0.25) is 0 Å². The second-order valence-corrected chi connectivity index (χ2v) is 4.31. The van der Waals surface area contributed by atoms with Crippen molar-refractivity contribution in [3.05, 3.63) is 70.8 Å². The van der Waals surface area contributed by atoms with Crippen molar-refractivity contribution in [2.24, 2.45) is 0 Å². The minimum absolute atomic E-state index is 0.180. The predicted octanol–water partition coefficient (Wildman–Crippen LogP) is 3.55. The molecule has 2 aromatic carbocycles. The number of rotatable bonds is 3. The van der Waals surface area contributed by atoms with E-state index in [2.05, 4.69) is 0 Å². The summed E-state index contributed by atoms with van der Waals surface area (Å²) in [6, 6.07) is 10.5. The largest absolute Gasteiger partial charge is 0.388 e. The molecule has 0 amide bonds. The zero-order chi connectivity index (χ0) is 13.1. The van der Waals surface area contributed by atoms with Crippen molar-refractivity contribution in [3.8, 4) is 0 Å². The summed E-state index contributed by atoms with van der Waals surface area (Å²) >= 11 is 0. The number of benzene rings is 2. The van der Waals surface area contributed by atoms with Crippen LogP contribution in [0.1, 0.15) is 22.8 Å². The molecule has 1 N–H and O–H groups in total. The van der Waals surface area contributed by atoms with E-state index in [1.54, 1.807) is 25.1 Å². The quantitative estimate of drug-likeness (QED) is 0.880. The van der Waals surface area contributed by atoms with Crippen molar-refractivity contribution >= 4 is 0 Å². The smallest absolute Gasteiger partial charge is 0.126 e. The van der Waals surface area contributed by atoms with Crippen molar-refractivity contribution in [1.82, 2.24) is 0 Å². The van der Waals surface area contributed by atoms with Crippen LogP contribution in [0.25, 0.3) is 0 Å². The fraction of sp³-hybridized carbons (Fsp3) is 0.200. The van der Waals surface area contributed by atoms with Crippen LogP contribution in [0.4, 0.5) is 8.78 Å². The first kappa shape index (κ1) is 12.7. The Hall–Kier alpha value is -1.74. The summed E-state index contributed by atoms with van der Waals surface area (Å²) in [6.07, 6.45) is -0.651. The molecule has 0 spiro atoms. The summed E-state index contributed by atoms with van der Waals surface area (Å²) in [6.45, 7) is 1.73. The van der Waals surface area contributed by atoms with Crippen LogP contribution >= 0.6 is 0 Å². The highest BCUT2D eigenvalue weighted by molar-refractivity contribution is 5.30. The Kier molecular flexibility index (Phi) is 3.72. The Labute approximate surface area is 105 Å². The Bertz CT molecular complexity index is 552. The number of hydrogen-bond donors (Lipinski definition) is 1. The summed E-state index contributed by atoms with van der Waals surface area (Å²) in [4.78, 5) is 0. The summed E-state index contributed by atoms with van der Waals surface area (Å²) in [5, 5.41) is 10.1. The lowest BCUT2D eigenvalue weighted by Gasteiger charge is -2.14. The van der Waals surface area contributed by atoms with Crippen molar-refractivity contribution in [2.75, 3.05) is 0 Å². The van der Waals surface area contributed by atoms with E-state index in [0.717, 1.165) is 0 Å². The summed E-state index contributed by atoms with van der Waals surface area (Å²) in [5.74, 6) is -0.675. The van der Waals surface area contributed by atoms with E-state index in [9.17, 15) is 13.9 Å². The first-order chi connectivity index (χ1) is 8.58. The molecule has 0 aliphatic heterocycles. The van der Waals surface area contributed by atoms with Gasteiger partial charge in [0.05, 0.1) is 6.10 Å². The number of aryl methyl sites for hydroxylation is 1. The molecular formula is C15H14F2O. The van der Waals surface area contributed by atoms with Crippen LogP contribution in [0.2, 0.25) is 0 Å². The molecule has 18 heavy (non-hydrogen) atoms. The molecular weight excluding hydrogens is 234 g/mol. The first-order valence-corrected chi connectivity index (χ1v) is 5.75. The van der Waals surface area contributed by atoms with Crippen molar-refractivity contribution in [1.29, 1.82) is 0 Å². The molecule has 2 aromatic rings. The normalized spacial score (nSPS) is 12.4. The van der Waals surface area contributed by atoms with Gasteiger partial charge in [0.15, 0.2) is 0 Å². The van der Waals surface area contributed by atoms with Crippen LogP contribution in [0.3, 0.4) is 0 Å². The van der Waals surface area contributed by atoms with Gasteiger partial charge in [0.1, 0.15) is 11.6 Å². The third kappa shape index (κ3) is 2.74. The standard InChI is InChI=1S/C15H14F2O/c1-10-8-12(16)6-7-13(10)15(18)9-11-4-2-3-5-14(11)17/h2-8,15,18H,9H2,1H3. The van der Waals surface area contributed by atoms with E-state index in [4.69, 9.17) is 0 Å². The molecule has 1 nitrogen and oxygen atoms in total. The van der Waals surface area contributed by atoms with E-state index in [0.29, 0.717) is 16.7 Å². The van der Waals surface area contributed by atoms with Crippen molar-refractivity contribution in [2.45, 2.75) is 19.4 Å². The highest BCUT2D eigenvalue weighted by Gasteiger charge is 2.13. The molecule has 0 heterocycles. The summed E-state index contributed by atoms with van der Waals surface area (Å²) in [5.41, 5.74) is 1.74. The monoisotopic (exact) mass is 248 g/mol. The second-order valence-electron chi connectivity index (χ2n) is 4.31. The van der Waals surface area contributed by atoms with E-state index in [1.165, 1.54) is 24.3 Å². The van der Waals surface area contributed by atoms with E-state index in [-0.39, 0.29) is 18.1 Å². The molecule has 0 aliphatic rings. The molecule has 0 fully saturated rings. The van der Waals surface area contributed by atoms with Crippen LogP contribution < -0.4 is 0 Å². The molecule has 0 saturated heterocycles. The van der Waals surface area contributed by atoms with Gasteiger partial charge in [-0.25, -0.2) is 8.78 Å². The lowest BCUT2D eigenvalue weighted by Crippen LogP contribution is -2.05. The molecule has 3 heteroatoms. The van der Waals surface area contributed by atoms with E-state index < -0.39 is 6.10 Å². The highest BCUT2D eigenvalue weighted by atomic mass is 19.1. The third-order valence-corrected chi connectivity index (χ3v) is 2.96. The lowest BCUT2D eigenvalue weighted by atomic mass is 9.97. The zero-order valence-electron chi connectivity index (χ0n) is 10.0. The highest BCUT2D eigenvalue weighted by Crippen LogP contribution is 2.23. The van der Waals surface area contributed by atoms with Crippen LogP contribution in [0.15, 0.2) is 42.5 Å². The Morgan fingerprint density at radius 3 is 2.50 bits per heavy atom. The number of aliphatic hydroxyl groups excluding tert-OH is 1. The Morgan fingerprint density at radius 1 is 1.11 bits per heavy atom. The average molecular weight is 248 g/mol. The van der Waals surface area contributed by atoms with E-state index >= 15 is 0 Å². The minimum atomic E-state index is -0.831. The topological polar surface area (TPSA) is 20.2 Å². The third-order valence-electron chi connectivity index (χ3n) is 2.96. The maximum atomic E-state index is 13.5. The fourth-order valence-electron chi connectivity index (χ4n) is 2.00. The zero-order valence-corrected chi connectivity index (χ0v) is 10.0. The van der Waals surface area contributed by atoms with Crippen molar-refractivity contribution in [3.63, 3.8) is 0 Å². The van der Waals surface area contributed by atoms with Crippen LogP contribution in [0.5, 0.6) is 0 Å². The van der Waals surface area contributed by atoms with Crippen molar-refractivity contribution < 1.29 is 13.9 Å². The van der Waals surface area contributed by atoms with Crippen LogP contribution in [0, 0.1) is 18.6 Å². The minimum Gasteiger partial charge on any atom is -0.388 e. The van der Waals surface area contributed by atoms with Gasteiger partial charge in [-0.15, -0.1) is 0 Å². The summed E-state index contributed by atoms with van der Waals surface area (Å²) in [7, 11) is 0. The van der Waals surface area contributed by atoms with Gasteiger partial charge in [-0.2, -0.15) is 0 Å². The average Bonchev–Trinajstić information content (AvgIpc) is 2.32. The summed E-state index contributed by atoms with van der Waals surface area (Å²) < 4.78 is 26.4. The molecule has 2 rings (SSSR count). The number of aliphatic hydroxyl groups is 1. The maximum Gasteiger partial charge on any atom is 0.126 e.